The topological polar surface area (TPSA) is 41.5 Å². The van der Waals surface area contributed by atoms with Gasteiger partial charge >= 0.3 is 0 Å². The Labute approximate surface area is 126 Å². The maximum Gasteiger partial charge on any atom is 0.176 e. The predicted octanol–water partition coefficient (Wildman–Crippen LogP) is 2.40. The van der Waals surface area contributed by atoms with Crippen LogP contribution in [0.4, 0.5) is 0 Å². The van der Waals surface area contributed by atoms with Crippen LogP contribution >= 0.6 is 0 Å². The Hall–Kier alpha value is -2.28. The SMILES string of the molecule is C#CC(O)(c1ccccc1)c1ccc(OC)cc1.CNC. The number of aliphatic hydroxyl groups is 1. The van der Waals surface area contributed by atoms with Gasteiger partial charge in [-0.3, -0.25) is 0 Å². The third-order valence-corrected chi connectivity index (χ3v) is 2.91. The van der Waals surface area contributed by atoms with Gasteiger partial charge < -0.3 is 15.2 Å². The molecular formula is C18H21NO2. The first-order valence-electron chi connectivity index (χ1n) is 6.61. The molecule has 2 rings (SSSR count). The quantitative estimate of drug-likeness (QED) is 0.850. The second-order valence-electron chi connectivity index (χ2n) is 4.45. The lowest BCUT2D eigenvalue weighted by Gasteiger charge is -2.23. The largest absolute Gasteiger partial charge is 0.497 e. The Bertz CT molecular complexity index is 572. The molecule has 2 aromatic rings. The summed E-state index contributed by atoms with van der Waals surface area (Å²) in [7, 11) is 5.35. The van der Waals surface area contributed by atoms with Crippen molar-refractivity contribution in [3.05, 3.63) is 65.7 Å². The third kappa shape index (κ3) is 4.09. The molecule has 0 saturated carbocycles. The Morgan fingerprint density at radius 2 is 1.48 bits per heavy atom. The van der Waals surface area contributed by atoms with E-state index in [0.29, 0.717) is 11.1 Å². The highest BCUT2D eigenvalue weighted by molar-refractivity contribution is 5.44. The van der Waals surface area contributed by atoms with Gasteiger partial charge in [-0.25, -0.2) is 0 Å². The van der Waals surface area contributed by atoms with E-state index in [2.05, 4.69) is 11.2 Å². The van der Waals surface area contributed by atoms with E-state index in [9.17, 15) is 5.11 Å². The average Bonchev–Trinajstić information content (AvgIpc) is 2.56. The Kier molecular flexibility index (Phi) is 6.48. The minimum atomic E-state index is -1.41. The fraction of sp³-hybridized carbons (Fsp3) is 0.222. The summed E-state index contributed by atoms with van der Waals surface area (Å²) in [5.41, 5.74) is -0.0808. The highest BCUT2D eigenvalue weighted by Gasteiger charge is 2.28. The summed E-state index contributed by atoms with van der Waals surface area (Å²) in [4.78, 5) is 0. The van der Waals surface area contributed by atoms with Crippen LogP contribution in [0.25, 0.3) is 0 Å². The van der Waals surface area contributed by atoms with E-state index in [1.54, 1.807) is 31.4 Å². The van der Waals surface area contributed by atoms with Crippen LogP contribution in [0.15, 0.2) is 54.6 Å². The monoisotopic (exact) mass is 283 g/mol. The molecule has 3 heteroatoms. The van der Waals surface area contributed by atoms with Gasteiger partial charge in [0.05, 0.1) is 7.11 Å². The first-order chi connectivity index (χ1) is 10.1. The van der Waals surface area contributed by atoms with Crippen molar-refractivity contribution in [1.29, 1.82) is 0 Å². The molecule has 21 heavy (non-hydrogen) atoms. The molecule has 0 aliphatic heterocycles. The number of terminal acetylenes is 1. The summed E-state index contributed by atoms with van der Waals surface area (Å²) in [5.74, 6) is 3.19. The van der Waals surface area contributed by atoms with Gasteiger partial charge in [-0.2, -0.15) is 0 Å². The highest BCUT2D eigenvalue weighted by Crippen LogP contribution is 2.29. The minimum absolute atomic E-state index is 0.650. The van der Waals surface area contributed by atoms with Crippen LogP contribution in [0, 0.1) is 12.3 Å². The zero-order chi connectivity index (χ0) is 15.7. The van der Waals surface area contributed by atoms with Gasteiger partial charge in [-0.05, 0) is 26.2 Å². The maximum absolute atomic E-state index is 10.6. The van der Waals surface area contributed by atoms with Gasteiger partial charge in [0.2, 0.25) is 0 Å². The molecule has 3 nitrogen and oxygen atoms in total. The summed E-state index contributed by atoms with van der Waals surface area (Å²) < 4.78 is 5.09. The molecule has 0 radical (unpaired) electrons. The fourth-order valence-corrected chi connectivity index (χ4v) is 1.84. The van der Waals surface area contributed by atoms with E-state index in [4.69, 9.17) is 11.2 Å². The van der Waals surface area contributed by atoms with Crippen molar-refractivity contribution >= 4 is 0 Å². The second-order valence-corrected chi connectivity index (χ2v) is 4.45. The zero-order valence-electron chi connectivity index (χ0n) is 12.6. The van der Waals surface area contributed by atoms with Crippen LogP contribution < -0.4 is 10.1 Å². The number of nitrogens with one attached hydrogen (secondary N) is 1. The Morgan fingerprint density at radius 1 is 1.00 bits per heavy atom. The van der Waals surface area contributed by atoms with Crippen LogP contribution in [0.3, 0.4) is 0 Å². The number of hydrogen-bond acceptors (Lipinski definition) is 3. The van der Waals surface area contributed by atoms with Crippen molar-refractivity contribution in [2.75, 3.05) is 21.2 Å². The lowest BCUT2D eigenvalue weighted by atomic mass is 9.87. The fourth-order valence-electron chi connectivity index (χ4n) is 1.84. The van der Waals surface area contributed by atoms with Crippen LogP contribution in [0.5, 0.6) is 5.75 Å². The second kappa shape index (κ2) is 8.11. The molecule has 110 valence electrons. The number of methoxy groups -OCH3 is 1. The standard InChI is InChI=1S/C16H14O2.C2H7N/c1-3-16(17,13-7-5-4-6-8-13)14-9-11-15(18-2)12-10-14;1-3-2/h1,4-12,17H,2H3;3H,1-2H3. The van der Waals surface area contributed by atoms with Crippen molar-refractivity contribution < 1.29 is 9.84 Å². The summed E-state index contributed by atoms with van der Waals surface area (Å²) in [6.07, 6.45) is 5.51. The van der Waals surface area contributed by atoms with Gasteiger partial charge in [0.1, 0.15) is 5.75 Å². The Balaban J connectivity index is 0.000000677. The molecule has 2 N–H and O–H groups in total. The van der Waals surface area contributed by atoms with Gasteiger partial charge in [0.15, 0.2) is 5.60 Å². The van der Waals surface area contributed by atoms with E-state index in [1.165, 1.54) is 0 Å². The minimum Gasteiger partial charge on any atom is -0.497 e. The molecule has 0 fully saturated rings. The molecule has 1 unspecified atom stereocenters. The van der Waals surface area contributed by atoms with Crippen molar-refractivity contribution in [3.63, 3.8) is 0 Å². The Morgan fingerprint density at radius 3 is 1.90 bits per heavy atom. The summed E-state index contributed by atoms with van der Waals surface area (Å²) in [6, 6.07) is 16.3. The van der Waals surface area contributed by atoms with Crippen molar-refractivity contribution in [2.45, 2.75) is 5.60 Å². The van der Waals surface area contributed by atoms with Crippen molar-refractivity contribution in [1.82, 2.24) is 5.32 Å². The lowest BCUT2D eigenvalue weighted by molar-refractivity contribution is 0.145. The number of rotatable bonds is 3. The summed E-state index contributed by atoms with van der Waals surface area (Å²) in [6.45, 7) is 0. The van der Waals surface area contributed by atoms with Crippen LogP contribution in [-0.4, -0.2) is 26.3 Å². The van der Waals surface area contributed by atoms with Gasteiger partial charge in [0, 0.05) is 11.1 Å². The molecule has 0 amide bonds. The molecule has 1 atom stereocenters. The molecular weight excluding hydrogens is 262 g/mol. The van der Waals surface area contributed by atoms with E-state index >= 15 is 0 Å². The molecule has 2 aromatic carbocycles. The molecule has 0 aromatic heterocycles. The van der Waals surface area contributed by atoms with Crippen molar-refractivity contribution in [3.8, 4) is 18.1 Å². The van der Waals surface area contributed by atoms with E-state index in [0.717, 1.165) is 5.75 Å². The first-order valence-corrected chi connectivity index (χ1v) is 6.61. The predicted molar refractivity (Wildman–Crippen MR) is 86.3 cm³/mol. The van der Waals surface area contributed by atoms with Gasteiger partial charge in [-0.1, -0.05) is 48.4 Å². The summed E-state index contributed by atoms with van der Waals surface area (Å²) in [5, 5.41) is 13.4. The average molecular weight is 283 g/mol. The zero-order valence-corrected chi connectivity index (χ0v) is 12.6. The molecule has 0 saturated heterocycles. The number of ether oxygens (including phenoxy) is 1. The molecule has 0 aliphatic carbocycles. The normalized spacial score (nSPS) is 12.3. The van der Waals surface area contributed by atoms with Crippen LogP contribution in [-0.2, 0) is 5.60 Å². The highest BCUT2D eigenvalue weighted by atomic mass is 16.5. The smallest absolute Gasteiger partial charge is 0.176 e. The van der Waals surface area contributed by atoms with Crippen LogP contribution in [0.1, 0.15) is 11.1 Å². The van der Waals surface area contributed by atoms with E-state index in [1.807, 2.05) is 44.4 Å². The van der Waals surface area contributed by atoms with Crippen molar-refractivity contribution in [2.24, 2.45) is 0 Å². The third-order valence-electron chi connectivity index (χ3n) is 2.91. The van der Waals surface area contributed by atoms with Gasteiger partial charge in [-0.15, -0.1) is 6.42 Å². The number of benzene rings is 2. The molecule has 0 spiro atoms. The van der Waals surface area contributed by atoms with Crippen LogP contribution in [0.2, 0.25) is 0 Å². The van der Waals surface area contributed by atoms with E-state index in [-0.39, 0.29) is 0 Å². The molecule has 0 heterocycles. The van der Waals surface area contributed by atoms with Gasteiger partial charge in [0.25, 0.3) is 0 Å². The number of hydrogen-bond donors (Lipinski definition) is 2. The maximum atomic E-state index is 10.6. The molecule has 0 aliphatic rings. The lowest BCUT2D eigenvalue weighted by Crippen LogP contribution is -2.24. The molecule has 0 bridgehead atoms. The first kappa shape index (κ1) is 16.8. The van der Waals surface area contributed by atoms with E-state index < -0.39 is 5.60 Å². The summed E-state index contributed by atoms with van der Waals surface area (Å²) >= 11 is 0.